The van der Waals surface area contributed by atoms with E-state index in [1.54, 1.807) is 10.9 Å². The fourth-order valence-electron chi connectivity index (χ4n) is 1.42. The molecule has 0 bridgehead atoms. The summed E-state index contributed by atoms with van der Waals surface area (Å²) < 4.78 is 1.71. The Bertz CT molecular complexity index is 501. The summed E-state index contributed by atoms with van der Waals surface area (Å²) in [6, 6.07) is 1.91. The normalized spacial score (nSPS) is 11.0. The van der Waals surface area contributed by atoms with Gasteiger partial charge >= 0.3 is 0 Å². The van der Waals surface area contributed by atoms with Crippen LogP contribution in [0.2, 0.25) is 0 Å². The second-order valence-electron chi connectivity index (χ2n) is 4.13. The van der Waals surface area contributed by atoms with Crippen LogP contribution in [0.25, 0.3) is 5.82 Å². The van der Waals surface area contributed by atoms with Crippen molar-refractivity contribution in [3.8, 4) is 5.82 Å². The van der Waals surface area contributed by atoms with Crippen molar-refractivity contribution < 1.29 is 0 Å². The van der Waals surface area contributed by atoms with Crippen LogP contribution in [0, 0.1) is 6.92 Å². The zero-order chi connectivity index (χ0) is 11.7. The third kappa shape index (κ3) is 2.03. The van der Waals surface area contributed by atoms with Crippen molar-refractivity contribution in [3.63, 3.8) is 0 Å². The van der Waals surface area contributed by atoms with Crippen LogP contribution in [0.15, 0.2) is 18.5 Å². The molecule has 0 saturated carbocycles. The Balaban J connectivity index is 2.49. The molecule has 0 aliphatic heterocycles. The summed E-state index contributed by atoms with van der Waals surface area (Å²) in [7, 11) is 0. The van der Waals surface area contributed by atoms with Crippen molar-refractivity contribution in [2.75, 3.05) is 5.73 Å². The Hall–Kier alpha value is -1.91. The zero-order valence-corrected chi connectivity index (χ0v) is 9.68. The number of hydrogen-bond donors (Lipinski definition) is 1. The van der Waals surface area contributed by atoms with Gasteiger partial charge in [-0.2, -0.15) is 10.1 Å². The molecule has 5 nitrogen and oxygen atoms in total. The third-order valence-corrected chi connectivity index (χ3v) is 2.29. The van der Waals surface area contributed by atoms with E-state index in [4.69, 9.17) is 5.73 Å². The van der Waals surface area contributed by atoms with Gasteiger partial charge in [0.05, 0.1) is 11.9 Å². The van der Waals surface area contributed by atoms with E-state index in [9.17, 15) is 0 Å². The van der Waals surface area contributed by atoms with Crippen molar-refractivity contribution in [1.29, 1.82) is 0 Å². The first kappa shape index (κ1) is 10.6. The van der Waals surface area contributed by atoms with Crippen LogP contribution in [0.4, 0.5) is 5.95 Å². The number of rotatable bonds is 2. The van der Waals surface area contributed by atoms with Crippen molar-refractivity contribution in [3.05, 3.63) is 29.7 Å². The minimum Gasteiger partial charge on any atom is -0.368 e. The van der Waals surface area contributed by atoms with Crippen LogP contribution in [0.5, 0.6) is 0 Å². The maximum Gasteiger partial charge on any atom is 0.222 e. The smallest absolute Gasteiger partial charge is 0.222 e. The van der Waals surface area contributed by atoms with Crippen LogP contribution in [-0.4, -0.2) is 19.7 Å². The quantitative estimate of drug-likeness (QED) is 0.830. The van der Waals surface area contributed by atoms with Crippen LogP contribution >= 0.6 is 0 Å². The molecule has 2 rings (SSSR count). The van der Waals surface area contributed by atoms with Crippen molar-refractivity contribution in [2.45, 2.75) is 26.7 Å². The molecule has 0 fully saturated rings. The molecule has 5 heteroatoms. The minimum absolute atomic E-state index is 0.286. The van der Waals surface area contributed by atoms with Crippen molar-refractivity contribution >= 4 is 5.95 Å². The molecular weight excluding hydrogens is 202 g/mol. The third-order valence-electron chi connectivity index (χ3n) is 2.29. The second kappa shape index (κ2) is 3.92. The molecule has 2 heterocycles. The van der Waals surface area contributed by atoms with Crippen LogP contribution in [0.3, 0.4) is 0 Å². The molecule has 84 valence electrons. The van der Waals surface area contributed by atoms with Gasteiger partial charge in [-0.1, -0.05) is 13.8 Å². The summed E-state index contributed by atoms with van der Waals surface area (Å²) in [5.41, 5.74) is 7.69. The highest BCUT2D eigenvalue weighted by atomic mass is 15.3. The molecule has 2 aromatic heterocycles. The Morgan fingerprint density at radius 2 is 2.06 bits per heavy atom. The molecule has 2 N–H and O–H groups in total. The van der Waals surface area contributed by atoms with E-state index in [1.807, 2.05) is 19.2 Å². The topological polar surface area (TPSA) is 69.6 Å². The lowest BCUT2D eigenvalue weighted by atomic mass is 10.1. The van der Waals surface area contributed by atoms with Gasteiger partial charge in [-0.3, -0.25) is 0 Å². The Morgan fingerprint density at radius 1 is 1.31 bits per heavy atom. The van der Waals surface area contributed by atoms with E-state index in [2.05, 4.69) is 28.9 Å². The van der Waals surface area contributed by atoms with Crippen LogP contribution in [0.1, 0.15) is 31.0 Å². The predicted octanol–water partition coefficient (Wildman–Crippen LogP) is 1.68. The van der Waals surface area contributed by atoms with Gasteiger partial charge < -0.3 is 5.73 Å². The van der Waals surface area contributed by atoms with Gasteiger partial charge in [0.25, 0.3) is 0 Å². The highest BCUT2D eigenvalue weighted by Gasteiger charge is 2.07. The van der Waals surface area contributed by atoms with Gasteiger partial charge in [0, 0.05) is 12.3 Å². The van der Waals surface area contributed by atoms with Crippen molar-refractivity contribution in [2.24, 2.45) is 0 Å². The summed E-state index contributed by atoms with van der Waals surface area (Å²) in [4.78, 5) is 8.36. The number of hydrogen-bond acceptors (Lipinski definition) is 4. The minimum atomic E-state index is 0.286. The molecule has 0 amide bonds. The summed E-state index contributed by atoms with van der Waals surface area (Å²) in [5, 5.41) is 4.20. The first-order valence-corrected chi connectivity index (χ1v) is 5.22. The first-order chi connectivity index (χ1) is 7.56. The van der Waals surface area contributed by atoms with Crippen LogP contribution in [-0.2, 0) is 0 Å². The molecule has 16 heavy (non-hydrogen) atoms. The van der Waals surface area contributed by atoms with E-state index in [0.29, 0.717) is 11.7 Å². The largest absolute Gasteiger partial charge is 0.368 e. The lowest BCUT2D eigenvalue weighted by molar-refractivity contribution is 0.789. The molecule has 0 unspecified atom stereocenters. The molecular formula is C11H15N5. The summed E-state index contributed by atoms with van der Waals surface area (Å²) in [6.45, 7) is 6.12. The zero-order valence-electron chi connectivity index (χ0n) is 9.68. The Labute approximate surface area is 94.3 Å². The van der Waals surface area contributed by atoms with Gasteiger partial charge in [0.1, 0.15) is 0 Å². The van der Waals surface area contributed by atoms with E-state index in [1.165, 1.54) is 0 Å². The van der Waals surface area contributed by atoms with E-state index in [0.717, 1.165) is 11.3 Å². The van der Waals surface area contributed by atoms with Gasteiger partial charge in [0.15, 0.2) is 5.82 Å². The number of nitrogens with zero attached hydrogens (tertiary/aromatic N) is 4. The molecule has 0 aliphatic carbocycles. The highest BCUT2D eigenvalue weighted by molar-refractivity contribution is 5.32. The number of nitrogen functional groups attached to an aromatic ring is 1. The van der Waals surface area contributed by atoms with Gasteiger partial charge in [-0.25, -0.2) is 9.67 Å². The highest BCUT2D eigenvalue weighted by Crippen LogP contribution is 2.15. The standard InChI is InChI=1S/C11H15N5/c1-7(2)9-4-10(15-11(12)14-9)16-6-8(3)5-13-16/h4-7H,1-3H3,(H2,12,14,15). The molecule has 0 saturated heterocycles. The van der Waals surface area contributed by atoms with E-state index in [-0.39, 0.29) is 5.95 Å². The first-order valence-electron chi connectivity index (χ1n) is 5.22. The number of aromatic nitrogens is 4. The Kier molecular flexibility index (Phi) is 2.60. The SMILES string of the molecule is Cc1cnn(-c2cc(C(C)C)nc(N)n2)c1. The molecule has 0 aromatic carbocycles. The monoisotopic (exact) mass is 217 g/mol. The average Bonchev–Trinajstić information content (AvgIpc) is 2.64. The molecule has 0 spiro atoms. The lowest BCUT2D eigenvalue weighted by Gasteiger charge is -2.07. The van der Waals surface area contributed by atoms with Gasteiger partial charge in [0.2, 0.25) is 5.95 Å². The predicted molar refractivity (Wildman–Crippen MR) is 62.4 cm³/mol. The molecule has 0 radical (unpaired) electrons. The summed E-state index contributed by atoms with van der Waals surface area (Å²) >= 11 is 0. The summed E-state index contributed by atoms with van der Waals surface area (Å²) in [5.74, 6) is 1.32. The number of aryl methyl sites for hydroxylation is 1. The molecule has 0 atom stereocenters. The van der Waals surface area contributed by atoms with E-state index < -0.39 is 0 Å². The molecule has 2 aromatic rings. The second-order valence-corrected chi connectivity index (χ2v) is 4.13. The van der Waals surface area contributed by atoms with Crippen LogP contribution < -0.4 is 5.73 Å². The van der Waals surface area contributed by atoms with Gasteiger partial charge in [-0.15, -0.1) is 0 Å². The fraction of sp³-hybridized carbons (Fsp3) is 0.364. The average molecular weight is 217 g/mol. The number of nitrogens with two attached hydrogens (primary N) is 1. The van der Waals surface area contributed by atoms with E-state index >= 15 is 0 Å². The lowest BCUT2D eigenvalue weighted by Crippen LogP contribution is -2.06. The number of anilines is 1. The maximum atomic E-state index is 5.68. The molecule has 0 aliphatic rings. The van der Waals surface area contributed by atoms with Crippen molar-refractivity contribution in [1.82, 2.24) is 19.7 Å². The maximum absolute atomic E-state index is 5.68. The van der Waals surface area contributed by atoms with Gasteiger partial charge in [-0.05, 0) is 18.4 Å². The Morgan fingerprint density at radius 3 is 2.62 bits per heavy atom. The summed E-state index contributed by atoms with van der Waals surface area (Å²) in [6.07, 6.45) is 3.69. The fourth-order valence-corrected chi connectivity index (χ4v) is 1.42.